The second-order valence-electron chi connectivity index (χ2n) is 7.48. The van der Waals surface area contributed by atoms with E-state index in [9.17, 15) is 26.8 Å². The van der Waals surface area contributed by atoms with Crippen molar-refractivity contribution in [3.05, 3.63) is 64.7 Å². The lowest BCUT2D eigenvalue weighted by Crippen LogP contribution is -2.51. The number of rotatable bonds is 10. The van der Waals surface area contributed by atoms with Gasteiger partial charge in [0, 0.05) is 24.2 Å². The number of halogens is 3. The lowest BCUT2D eigenvalue weighted by molar-refractivity contribution is -0.139. The zero-order valence-corrected chi connectivity index (χ0v) is 20.1. The quantitative estimate of drug-likeness (QED) is 0.541. The van der Waals surface area contributed by atoms with Crippen LogP contribution in [0.25, 0.3) is 0 Å². The van der Waals surface area contributed by atoms with E-state index in [1.807, 2.05) is 6.92 Å². The van der Waals surface area contributed by atoms with Gasteiger partial charge in [0.25, 0.3) is 0 Å². The Morgan fingerprint density at radius 3 is 2.27 bits per heavy atom. The molecule has 0 aromatic heterocycles. The van der Waals surface area contributed by atoms with Gasteiger partial charge in [0.05, 0.1) is 11.9 Å². The lowest BCUT2D eigenvalue weighted by atomic mass is 10.1. The molecule has 2 rings (SSSR count). The Kier molecular flexibility index (Phi) is 9.18. The number of nitrogens with zero attached hydrogens (tertiary/aromatic N) is 2. The highest BCUT2D eigenvalue weighted by Crippen LogP contribution is 2.22. The van der Waals surface area contributed by atoms with Crippen LogP contribution < -0.4 is 9.62 Å². The Hall–Kier alpha value is -2.72. The van der Waals surface area contributed by atoms with Crippen LogP contribution in [0.4, 0.5) is 14.5 Å². The summed E-state index contributed by atoms with van der Waals surface area (Å²) in [5.41, 5.74) is 0.459. The largest absolute Gasteiger partial charge is 0.354 e. The van der Waals surface area contributed by atoms with Crippen molar-refractivity contribution in [2.45, 2.75) is 32.9 Å². The first-order chi connectivity index (χ1) is 15.4. The molecule has 0 heterocycles. The van der Waals surface area contributed by atoms with Crippen molar-refractivity contribution in [2.24, 2.45) is 0 Å². The van der Waals surface area contributed by atoms with E-state index < -0.39 is 46.1 Å². The van der Waals surface area contributed by atoms with Crippen LogP contribution in [0, 0.1) is 11.6 Å². The van der Waals surface area contributed by atoms with Crippen molar-refractivity contribution in [1.29, 1.82) is 0 Å². The van der Waals surface area contributed by atoms with Gasteiger partial charge in [0.2, 0.25) is 21.8 Å². The topological polar surface area (TPSA) is 86.8 Å². The Labute approximate surface area is 197 Å². The number of hydrogen-bond acceptors (Lipinski definition) is 4. The highest BCUT2D eigenvalue weighted by atomic mass is 35.5. The average molecular weight is 502 g/mol. The van der Waals surface area contributed by atoms with E-state index in [-0.39, 0.29) is 12.2 Å². The molecule has 11 heteroatoms. The fourth-order valence-corrected chi connectivity index (χ4v) is 3.99. The van der Waals surface area contributed by atoms with E-state index >= 15 is 0 Å². The van der Waals surface area contributed by atoms with Crippen LogP contribution in [0.3, 0.4) is 0 Å². The van der Waals surface area contributed by atoms with Crippen molar-refractivity contribution in [3.63, 3.8) is 0 Å². The SMILES string of the molecule is CCCNC(=O)[C@@H](C)N(Cc1ccc(Cl)cc1)C(=O)CN(c1ccc(F)c(F)c1)S(C)(=O)=O. The van der Waals surface area contributed by atoms with Gasteiger partial charge in [-0.05, 0) is 43.2 Å². The standard InChI is InChI=1S/C22H26ClF2N3O4S/c1-4-11-26-22(30)15(2)27(13-16-5-7-17(23)8-6-16)21(29)14-28(33(3,31)32)18-9-10-19(24)20(25)12-18/h5-10,12,15H,4,11,13-14H2,1-3H3,(H,26,30)/t15-/m1/s1. The number of benzene rings is 2. The van der Waals surface area contributed by atoms with Gasteiger partial charge in [0.1, 0.15) is 12.6 Å². The number of amides is 2. The molecule has 0 aliphatic heterocycles. The minimum atomic E-state index is -4.04. The maximum Gasteiger partial charge on any atom is 0.244 e. The fraction of sp³-hybridized carbons (Fsp3) is 0.364. The van der Waals surface area contributed by atoms with Crippen molar-refractivity contribution < 1.29 is 26.8 Å². The highest BCUT2D eigenvalue weighted by molar-refractivity contribution is 7.92. The molecule has 0 unspecified atom stereocenters. The monoisotopic (exact) mass is 501 g/mol. The molecule has 0 spiro atoms. The maximum atomic E-state index is 13.7. The van der Waals surface area contributed by atoms with Gasteiger partial charge >= 0.3 is 0 Å². The second-order valence-corrected chi connectivity index (χ2v) is 9.83. The van der Waals surface area contributed by atoms with E-state index in [4.69, 9.17) is 11.6 Å². The molecule has 0 bridgehead atoms. The minimum absolute atomic E-state index is 0.00605. The van der Waals surface area contributed by atoms with Gasteiger partial charge in [-0.2, -0.15) is 0 Å². The second kappa shape index (κ2) is 11.4. The summed E-state index contributed by atoms with van der Waals surface area (Å²) in [6, 6.07) is 8.24. The summed E-state index contributed by atoms with van der Waals surface area (Å²) in [5.74, 6) is -3.50. The first-order valence-corrected chi connectivity index (χ1v) is 12.4. The molecule has 0 aliphatic carbocycles. The molecule has 2 aromatic rings. The van der Waals surface area contributed by atoms with Crippen LogP contribution >= 0.6 is 11.6 Å². The molecule has 0 fully saturated rings. The molecule has 0 saturated heterocycles. The van der Waals surface area contributed by atoms with Crippen LogP contribution in [-0.2, 0) is 26.2 Å². The van der Waals surface area contributed by atoms with Gasteiger partial charge in [-0.3, -0.25) is 13.9 Å². The number of nitrogens with one attached hydrogen (secondary N) is 1. The molecule has 0 radical (unpaired) electrons. The van der Waals surface area contributed by atoms with E-state index in [0.29, 0.717) is 33.9 Å². The molecule has 33 heavy (non-hydrogen) atoms. The summed E-state index contributed by atoms with van der Waals surface area (Å²) in [6.45, 7) is 3.13. The molecule has 2 amide bonds. The van der Waals surface area contributed by atoms with Crippen molar-refractivity contribution in [1.82, 2.24) is 10.2 Å². The molecule has 2 aromatic carbocycles. The predicted octanol–water partition coefficient (Wildman–Crippen LogP) is 3.33. The maximum absolute atomic E-state index is 13.7. The van der Waals surface area contributed by atoms with Gasteiger partial charge in [0.15, 0.2) is 11.6 Å². The number of carbonyl (C=O) groups excluding carboxylic acids is 2. The van der Waals surface area contributed by atoms with Crippen molar-refractivity contribution in [3.8, 4) is 0 Å². The van der Waals surface area contributed by atoms with Crippen LogP contribution in [0.15, 0.2) is 42.5 Å². The van der Waals surface area contributed by atoms with E-state index in [0.717, 1.165) is 18.4 Å². The van der Waals surface area contributed by atoms with Gasteiger partial charge in [-0.1, -0.05) is 30.7 Å². The van der Waals surface area contributed by atoms with Crippen molar-refractivity contribution >= 4 is 39.1 Å². The first-order valence-electron chi connectivity index (χ1n) is 10.2. The third-order valence-electron chi connectivity index (χ3n) is 4.85. The summed E-state index contributed by atoms with van der Waals surface area (Å²) < 4.78 is 52.5. The molecule has 180 valence electrons. The Balaban J connectivity index is 2.38. The lowest BCUT2D eigenvalue weighted by Gasteiger charge is -2.31. The summed E-state index contributed by atoms with van der Waals surface area (Å²) >= 11 is 5.92. The van der Waals surface area contributed by atoms with Crippen LogP contribution in [0.5, 0.6) is 0 Å². The number of sulfonamides is 1. The van der Waals surface area contributed by atoms with E-state index in [1.165, 1.54) is 11.8 Å². The Morgan fingerprint density at radius 1 is 1.09 bits per heavy atom. The Bertz CT molecular complexity index is 1100. The normalized spacial score (nSPS) is 12.2. The summed E-state index contributed by atoms with van der Waals surface area (Å²) in [7, 11) is -4.04. The number of anilines is 1. The van der Waals surface area contributed by atoms with Gasteiger partial charge in [-0.15, -0.1) is 0 Å². The predicted molar refractivity (Wildman–Crippen MR) is 123 cm³/mol. The zero-order chi connectivity index (χ0) is 24.8. The number of hydrogen-bond donors (Lipinski definition) is 1. The van der Waals surface area contributed by atoms with Crippen molar-refractivity contribution in [2.75, 3.05) is 23.7 Å². The van der Waals surface area contributed by atoms with Crippen LogP contribution in [-0.4, -0.2) is 50.5 Å². The molecule has 0 saturated carbocycles. The molecule has 1 atom stereocenters. The summed E-state index contributed by atoms with van der Waals surface area (Å²) in [4.78, 5) is 27.1. The summed E-state index contributed by atoms with van der Waals surface area (Å²) in [5, 5.41) is 3.21. The van der Waals surface area contributed by atoms with E-state index in [2.05, 4.69) is 5.32 Å². The van der Waals surface area contributed by atoms with Crippen LogP contribution in [0.1, 0.15) is 25.8 Å². The van der Waals surface area contributed by atoms with Gasteiger partial charge in [-0.25, -0.2) is 17.2 Å². The van der Waals surface area contributed by atoms with Crippen LogP contribution in [0.2, 0.25) is 5.02 Å². The zero-order valence-electron chi connectivity index (χ0n) is 18.5. The average Bonchev–Trinajstić information content (AvgIpc) is 2.76. The molecule has 7 nitrogen and oxygen atoms in total. The molecule has 1 N–H and O–H groups in total. The molecule has 0 aliphatic rings. The number of carbonyl (C=O) groups is 2. The smallest absolute Gasteiger partial charge is 0.244 e. The van der Waals surface area contributed by atoms with E-state index in [1.54, 1.807) is 24.3 Å². The third-order valence-corrected chi connectivity index (χ3v) is 6.25. The third kappa shape index (κ3) is 7.40. The highest BCUT2D eigenvalue weighted by Gasteiger charge is 2.30. The fourth-order valence-electron chi connectivity index (χ4n) is 3.02. The summed E-state index contributed by atoms with van der Waals surface area (Å²) in [6.07, 6.45) is 1.55. The van der Waals surface area contributed by atoms with Gasteiger partial charge < -0.3 is 10.2 Å². The first kappa shape index (κ1) is 26.5. The molecular weight excluding hydrogens is 476 g/mol. The minimum Gasteiger partial charge on any atom is -0.354 e. The Morgan fingerprint density at radius 2 is 1.73 bits per heavy atom. The molecular formula is C22H26ClF2N3O4S.